The van der Waals surface area contributed by atoms with Crippen molar-refractivity contribution in [2.24, 2.45) is 0 Å². The Bertz CT molecular complexity index is 1240. The lowest BCUT2D eigenvalue weighted by Gasteiger charge is -2.10. The van der Waals surface area contributed by atoms with E-state index in [1.54, 1.807) is 0 Å². The number of benzene rings is 3. The molecule has 31 heavy (non-hydrogen) atoms. The first-order valence-corrected chi connectivity index (χ1v) is 10.6. The second-order valence-electron chi connectivity index (χ2n) is 8.09. The van der Waals surface area contributed by atoms with E-state index in [0.717, 1.165) is 34.1 Å². The van der Waals surface area contributed by atoms with Crippen molar-refractivity contribution in [2.45, 2.75) is 33.7 Å². The number of carbonyl (C=O) groups excluding carboxylic acids is 1. The van der Waals surface area contributed by atoms with Crippen molar-refractivity contribution < 1.29 is 9.18 Å². The monoisotopic (exact) mass is 414 g/mol. The molecule has 4 aromatic rings. The maximum atomic E-state index is 13.2. The third-order valence-electron chi connectivity index (χ3n) is 6.10. The molecule has 3 nitrogen and oxygen atoms in total. The summed E-state index contributed by atoms with van der Waals surface area (Å²) in [5.74, 6) is -0.286. The molecule has 0 aliphatic carbocycles. The number of hydrogen-bond donors (Lipinski definition) is 1. The zero-order valence-corrected chi connectivity index (χ0v) is 18.2. The Hall–Kier alpha value is -3.40. The van der Waals surface area contributed by atoms with E-state index in [0.29, 0.717) is 18.7 Å². The molecule has 158 valence electrons. The maximum Gasteiger partial charge on any atom is 0.251 e. The van der Waals surface area contributed by atoms with E-state index in [1.807, 2.05) is 42.5 Å². The molecule has 1 aromatic heterocycles. The number of hydrogen-bond acceptors (Lipinski definition) is 1. The minimum Gasteiger partial charge on any atom is -0.352 e. The summed E-state index contributed by atoms with van der Waals surface area (Å²) in [4.78, 5) is 12.7. The van der Waals surface area contributed by atoms with Gasteiger partial charge in [0.2, 0.25) is 0 Å². The van der Waals surface area contributed by atoms with Crippen molar-refractivity contribution in [3.63, 3.8) is 0 Å². The van der Waals surface area contributed by atoms with Crippen LogP contribution in [-0.2, 0) is 13.0 Å². The summed E-state index contributed by atoms with van der Waals surface area (Å²) in [5, 5.41) is 4.12. The standard InChI is InChI=1S/C27H27FN2O/c1-18-6-4-5-7-22(18)14-15-29-27(31)23-10-13-26-25(16-23)19(2)20(3)30(26)17-21-8-11-24(28)12-9-21/h4-13,16H,14-15,17H2,1-3H3,(H,29,31). The van der Waals surface area contributed by atoms with Gasteiger partial charge in [-0.25, -0.2) is 4.39 Å². The molecule has 1 N–H and O–H groups in total. The molecule has 4 rings (SSSR count). The van der Waals surface area contributed by atoms with Crippen molar-refractivity contribution in [1.82, 2.24) is 9.88 Å². The van der Waals surface area contributed by atoms with Gasteiger partial charge in [0, 0.05) is 35.2 Å². The number of carbonyl (C=O) groups is 1. The molecular weight excluding hydrogens is 387 g/mol. The number of halogens is 1. The number of rotatable bonds is 6. The summed E-state index contributed by atoms with van der Waals surface area (Å²) >= 11 is 0. The Balaban J connectivity index is 1.52. The van der Waals surface area contributed by atoms with Crippen LogP contribution in [0.5, 0.6) is 0 Å². The van der Waals surface area contributed by atoms with Gasteiger partial charge in [-0.3, -0.25) is 4.79 Å². The zero-order valence-electron chi connectivity index (χ0n) is 18.2. The van der Waals surface area contributed by atoms with Gasteiger partial charge in [0.25, 0.3) is 5.91 Å². The molecule has 0 atom stereocenters. The van der Waals surface area contributed by atoms with E-state index >= 15 is 0 Å². The molecule has 0 saturated carbocycles. The summed E-state index contributed by atoms with van der Waals surface area (Å²) in [5.41, 5.74) is 7.59. The predicted molar refractivity (Wildman–Crippen MR) is 124 cm³/mol. The second-order valence-corrected chi connectivity index (χ2v) is 8.09. The number of aromatic nitrogens is 1. The number of fused-ring (bicyclic) bond motifs is 1. The molecule has 0 bridgehead atoms. The quantitative estimate of drug-likeness (QED) is 0.430. The molecule has 0 radical (unpaired) electrons. The van der Waals surface area contributed by atoms with E-state index in [2.05, 4.69) is 42.8 Å². The lowest BCUT2D eigenvalue weighted by atomic mass is 10.1. The molecule has 0 saturated heterocycles. The van der Waals surface area contributed by atoms with E-state index in [-0.39, 0.29) is 11.7 Å². The highest BCUT2D eigenvalue weighted by Crippen LogP contribution is 2.27. The van der Waals surface area contributed by atoms with Crippen molar-refractivity contribution >= 4 is 16.8 Å². The van der Waals surface area contributed by atoms with Crippen LogP contribution >= 0.6 is 0 Å². The van der Waals surface area contributed by atoms with E-state index in [9.17, 15) is 9.18 Å². The largest absolute Gasteiger partial charge is 0.352 e. The zero-order chi connectivity index (χ0) is 22.0. The van der Waals surface area contributed by atoms with Gasteiger partial charge < -0.3 is 9.88 Å². The van der Waals surface area contributed by atoms with Gasteiger partial charge in [-0.1, -0.05) is 36.4 Å². The first kappa shape index (κ1) is 20.9. The minimum absolute atomic E-state index is 0.0566. The third kappa shape index (κ3) is 4.38. The molecule has 1 heterocycles. The fourth-order valence-electron chi connectivity index (χ4n) is 4.07. The van der Waals surface area contributed by atoms with Crippen LogP contribution in [0.15, 0.2) is 66.7 Å². The summed E-state index contributed by atoms with van der Waals surface area (Å²) in [7, 11) is 0. The van der Waals surface area contributed by atoms with Crippen molar-refractivity contribution in [1.29, 1.82) is 0 Å². The van der Waals surface area contributed by atoms with Crippen LogP contribution in [0.4, 0.5) is 4.39 Å². The van der Waals surface area contributed by atoms with E-state index in [1.165, 1.54) is 23.3 Å². The highest BCUT2D eigenvalue weighted by Gasteiger charge is 2.14. The minimum atomic E-state index is -0.230. The number of amides is 1. The van der Waals surface area contributed by atoms with Gasteiger partial charge in [-0.15, -0.1) is 0 Å². The Labute approximate surface area is 182 Å². The van der Waals surface area contributed by atoms with Gasteiger partial charge >= 0.3 is 0 Å². The van der Waals surface area contributed by atoms with Crippen LogP contribution in [-0.4, -0.2) is 17.0 Å². The van der Waals surface area contributed by atoms with Crippen molar-refractivity contribution in [2.75, 3.05) is 6.54 Å². The second kappa shape index (κ2) is 8.76. The molecular formula is C27H27FN2O. The van der Waals surface area contributed by atoms with Gasteiger partial charge in [0.1, 0.15) is 5.82 Å². The molecule has 0 fully saturated rings. The summed E-state index contributed by atoms with van der Waals surface area (Å²) < 4.78 is 15.5. The highest BCUT2D eigenvalue weighted by molar-refractivity contribution is 5.99. The summed E-state index contributed by atoms with van der Waals surface area (Å²) in [6, 6.07) is 20.7. The number of nitrogens with one attached hydrogen (secondary N) is 1. The molecule has 4 heteroatoms. The van der Waals surface area contributed by atoms with Gasteiger partial charge in [0.05, 0.1) is 0 Å². The van der Waals surface area contributed by atoms with E-state index in [4.69, 9.17) is 0 Å². The first-order chi connectivity index (χ1) is 14.9. The Morgan fingerprint density at radius 1 is 0.968 bits per heavy atom. The SMILES string of the molecule is Cc1ccccc1CCNC(=O)c1ccc2c(c1)c(C)c(C)n2Cc1ccc(F)cc1. The van der Waals surface area contributed by atoms with Crippen LogP contribution in [0.3, 0.4) is 0 Å². The fourth-order valence-corrected chi connectivity index (χ4v) is 4.07. The van der Waals surface area contributed by atoms with E-state index < -0.39 is 0 Å². The third-order valence-corrected chi connectivity index (χ3v) is 6.10. The van der Waals surface area contributed by atoms with Crippen molar-refractivity contribution in [3.05, 3.63) is 106 Å². The van der Waals surface area contributed by atoms with Crippen LogP contribution < -0.4 is 5.32 Å². The van der Waals surface area contributed by atoms with Gasteiger partial charge in [-0.05, 0) is 79.8 Å². The van der Waals surface area contributed by atoms with Crippen molar-refractivity contribution in [3.8, 4) is 0 Å². The molecule has 0 aliphatic rings. The van der Waals surface area contributed by atoms with Crippen LogP contribution in [0.25, 0.3) is 10.9 Å². The van der Waals surface area contributed by atoms with Crippen LogP contribution in [0, 0.1) is 26.6 Å². The predicted octanol–water partition coefficient (Wildman–Crippen LogP) is 5.73. The normalized spacial score (nSPS) is 11.1. The van der Waals surface area contributed by atoms with Crippen LogP contribution in [0.2, 0.25) is 0 Å². The molecule has 0 spiro atoms. The first-order valence-electron chi connectivity index (χ1n) is 10.6. The molecule has 3 aromatic carbocycles. The summed E-state index contributed by atoms with van der Waals surface area (Å²) in [6.45, 7) is 7.52. The smallest absolute Gasteiger partial charge is 0.251 e. The topological polar surface area (TPSA) is 34.0 Å². The average molecular weight is 415 g/mol. The Kier molecular flexibility index (Phi) is 5.90. The summed E-state index contributed by atoms with van der Waals surface area (Å²) in [6.07, 6.45) is 0.812. The maximum absolute atomic E-state index is 13.2. The van der Waals surface area contributed by atoms with Gasteiger partial charge in [-0.2, -0.15) is 0 Å². The molecule has 0 aliphatic heterocycles. The highest BCUT2D eigenvalue weighted by atomic mass is 19.1. The number of aryl methyl sites for hydroxylation is 2. The average Bonchev–Trinajstić information content (AvgIpc) is 3.01. The fraction of sp³-hybridized carbons (Fsp3) is 0.222. The lowest BCUT2D eigenvalue weighted by Crippen LogP contribution is -2.25. The van der Waals surface area contributed by atoms with Crippen LogP contribution in [0.1, 0.15) is 38.3 Å². The van der Waals surface area contributed by atoms with Gasteiger partial charge in [0.15, 0.2) is 0 Å². The molecule has 0 unspecified atom stereocenters. The number of nitrogens with zero attached hydrogens (tertiary/aromatic N) is 1. The Morgan fingerprint density at radius 3 is 2.45 bits per heavy atom. The molecule has 1 amide bonds. The Morgan fingerprint density at radius 2 is 1.71 bits per heavy atom. The lowest BCUT2D eigenvalue weighted by molar-refractivity contribution is 0.0954.